The molecule has 0 radical (unpaired) electrons. The number of aromatic nitrogens is 2. The van der Waals surface area contributed by atoms with Crippen molar-refractivity contribution in [3.63, 3.8) is 0 Å². The Morgan fingerprint density at radius 2 is 2.13 bits per heavy atom. The van der Waals surface area contributed by atoms with Crippen LogP contribution in [-0.4, -0.2) is 16.3 Å². The number of rotatable bonds is 3. The van der Waals surface area contributed by atoms with Crippen LogP contribution in [-0.2, 0) is 7.05 Å². The lowest BCUT2D eigenvalue weighted by atomic mass is 9.89. The summed E-state index contributed by atoms with van der Waals surface area (Å²) in [6, 6.07) is 0. The molecule has 2 rings (SSSR count). The number of nitrogens with one attached hydrogen (secondary N) is 1. The summed E-state index contributed by atoms with van der Waals surface area (Å²) in [5.41, 5.74) is 2.30. The fourth-order valence-corrected chi connectivity index (χ4v) is 2.42. The molecule has 15 heavy (non-hydrogen) atoms. The smallest absolute Gasteiger partial charge is 0.0824 e. The van der Waals surface area contributed by atoms with Crippen LogP contribution >= 0.6 is 0 Å². The van der Waals surface area contributed by atoms with Crippen LogP contribution in [0.15, 0.2) is 6.20 Å². The quantitative estimate of drug-likeness (QED) is 0.826. The first-order valence-electron chi connectivity index (χ1n) is 6.00. The second-order valence-corrected chi connectivity index (χ2v) is 4.69. The van der Waals surface area contributed by atoms with E-state index in [4.69, 9.17) is 0 Å². The third-order valence-corrected chi connectivity index (χ3v) is 3.32. The van der Waals surface area contributed by atoms with Crippen LogP contribution in [0.5, 0.6) is 0 Å². The van der Waals surface area contributed by atoms with E-state index in [-0.39, 0.29) is 0 Å². The van der Waals surface area contributed by atoms with Gasteiger partial charge < -0.3 is 5.32 Å². The van der Waals surface area contributed by atoms with Gasteiger partial charge in [-0.15, -0.1) is 0 Å². The van der Waals surface area contributed by atoms with Crippen molar-refractivity contribution in [1.82, 2.24) is 9.78 Å². The van der Waals surface area contributed by atoms with Gasteiger partial charge >= 0.3 is 0 Å². The first-order valence-corrected chi connectivity index (χ1v) is 6.00. The SMILES string of the molecule is Cc1nn(C)cc1NCC1CCCCC1. The van der Waals surface area contributed by atoms with Crippen molar-refractivity contribution < 1.29 is 0 Å². The Labute approximate surface area is 91.9 Å². The number of anilines is 1. The van der Waals surface area contributed by atoms with E-state index < -0.39 is 0 Å². The van der Waals surface area contributed by atoms with Gasteiger partial charge in [-0.3, -0.25) is 4.68 Å². The maximum absolute atomic E-state index is 4.33. The molecule has 1 fully saturated rings. The summed E-state index contributed by atoms with van der Waals surface area (Å²) in [4.78, 5) is 0. The number of hydrogen-bond donors (Lipinski definition) is 1. The van der Waals surface area contributed by atoms with E-state index in [0.717, 1.165) is 18.2 Å². The molecule has 1 heterocycles. The molecule has 0 unspecified atom stereocenters. The second-order valence-electron chi connectivity index (χ2n) is 4.69. The lowest BCUT2D eigenvalue weighted by Gasteiger charge is -2.21. The minimum absolute atomic E-state index is 0.873. The molecule has 84 valence electrons. The van der Waals surface area contributed by atoms with Gasteiger partial charge in [0.1, 0.15) is 0 Å². The highest BCUT2D eigenvalue weighted by Crippen LogP contribution is 2.24. The fourth-order valence-electron chi connectivity index (χ4n) is 2.42. The summed E-state index contributed by atoms with van der Waals surface area (Å²) < 4.78 is 1.87. The van der Waals surface area contributed by atoms with E-state index in [1.54, 1.807) is 0 Å². The largest absolute Gasteiger partial charge is 0.382 e. The molecule has 1 aromatic heterocycles. The van der Waals surface area contributed by atoms with Gasteiger partial charge in [0.05, 0.1) is 11.4 Å². The van der Waals surface area contributed by atoms with Crippen LogP contribution in [0.4, 0.5) is 5.69 Å². The van der Waals surface area contributed by atoms with E-state index in [9.17, 15) is 0 Å². The van der Waals surface area contributed by atoms with Gasteiger partial charge in [-0.1, -0.05) is 19.3 Å². The molecule has 0 atom stereocenters. The molecule has 0 aromatic carbocycles. The molecule has 1 saturated carbocycles. The summed E-state index contributed by atoms with van der Waals surface area (Å²) >= 11 is 0. The van der Waals surface area contributed by atoms with Gasteiger partial charge in [-0.2, -0.15) is 5.10 Å². The summed E-state index contributed by atoms with van der Waals surface area (Å²) in [5.74, 6) is 0.873. The number of nitrogens with zero attached hydrogens (tertiary/aromatic N) is 2. The minimum Gasteiger partial charge on any atom is -0.382 e. The average Bonchev–Trinajstić information content (AvgIpc) is 2.56. The lowest BCUT2D eigenvalue weighted by Crippen LogP contribution is -2.17. The highest BCUT2D eigenvalue weighted by atomic mass is 15.3. The van der Waals surface area contributed by atoms with Gasteiger partial charge in [0.25, 0.3) is 0 Å². The number of aryl methyl sites for hydroxylation is 2. The molecule has 0 bridgehead atoms. The van der Waals surface area contributed by atoms with Crippen LogP contribution in [0.2, 0.25) is 0 Å². The highest BCUT2D eigenvalue weighted by Gasteiger charge is 2.13. The van der Waals surface area contributed by atoms with Crippen LogP contribution < -0.4 is 5.32 Å². The third-order valence-electron chi connectivity index (χ3n) is 3.32. The molecule has 0 spiro atoms. The maximum atomic E-state index is 4.33. The Balaban J connectivity index is 1.84. The van der Waals surface area contributed by atoms with Crippen molar-refractivity contribution in [1.29, 1.82) is 0 Å². The molecule has 1 N–H and O–H groups in total. The lowest BCUT2D eigenvalue weighted by molar-refractivity contribution is 0.373. The summed E-state index contributed by atoms with van der Waals surface area (Å²) in [6.07, 6.45) is 9.12. The Bertz CT molecular complexity index is 311. The van der Waals surface area contributed by atoms with Crippen molar-refractivity contribution in [2.24, 2.45) is 13.0 Å². The molecule has 3 heteroatoms. The maximum Gasteiger partial charge on any atom is 0.0824 e. The van der Waals surface area contributed by atoms with Gasteiger partial charge in [0, 0.05) is 19.8 Å². The van der Waals surface area contributed by atoms with Crippen molar-refractivity contribution in [2.45, 2.75) is 39.0 Å². The summed E-state index contributed by atoms with van der Waals surface area (Å²) in [6.45, 7) is 3.18. The Kier molecular flexibility index (Phi) is 3.29. The first-order chi connectivity index (χ1) is 7.25. The number of hydrogen-bond acceptors (Lipinski definition) is 2. The predicted octanol–water partition coefficient (Wildman–Crippen LogP) is 2.72. The van der Waals surface area contributed by atoms with Crippen molar-refractivity contribution >= 4 is 5.69 Å². The van der Waals surface area contributed by atoms with E-state index in [1.165, 1.54) is 37.8 Å². The van der Waals surface area contributed by atoms with E-state index in [2.05, 4.69) is 23.5 Å². The Morgan fingerprint density at radius 3 is 2.73 bits per heavy atom. The fraction of sp³-hybridized carbons (Fsp3) is 0.750. The Morgan fingerprint density at radius 1 is 1.40 bits per heavy atom. The zero-order chi connectivity index (χ0) is 10.7. The van der Waals surface area contributed by atoms with Gasteiger partial charge in [-0.05, 0) is 25.7 Å². The minimum atomic E-state index is 0.873. The van der Waals surface area contributed by atoms with Gasteiger partial charge in [0.15, 0.2) is 0 Å². The van der Waals surface area contributed by atoms with Crippen molar-refractivity contribution in [3.8, 4) is 0 Å². The highest BCUT2D eigenvalue weighted by molar-refractivity contribution is 5.45. The van der Waals surface area contributed by atoms with Crippen LogP contribution in [0, 0.1) is 12.8 Å². The van der Waals surface area contributed by atoms with E-state index in [0.29, 0.717) is 0 Å². The molecule has 3 nitrogen and oxygen atoms in total. The van der Waals surface area contributed by atoms with E-state index >= 15 is 0 Å². The third kappa shape index (κ3) is 2.74. The topological polar surface area (TPSA) is 29.9 Å². The molecule has 1 aromatic rings. The molecule has 0 amide bonds. The van der Waals surface area contributed by atoms with E-state index in [1.807, 2.05) is 11.7 Å². The van der Waals surface area contributed by atoms with Gasteiger partial charge in [0.2, 0.25) is 0 Å². The molecule has 1 aliphatic carbocycles. The zero-order valence-corrected chi connectivity index (χ0v) is 9.79. The monoisotopic (exact) mass is 207 g/mol. The molecular weight excluding hydrogens is 186 g/mol. The standard InChI is InChI=1S/C12H21N3/c1-10-12(9-15(2)14-10)13-8-11-6-4-3-5-7-11/h9,11,13H,3-8H2,1-2H3. The molecule has 0 aliphatic heterocycles. The summed E-state index contributed by atoms with van der Waals surface area (Å²) in [5, 5.41) is 7.85. The van der Waals surface area contributed by atoms with Crippen molar-refractivity contribution in [3.05, 3.63) is 11.9 Å². The van der Waals surface area contributed by atoms with Crippen LogP contribution in [0.3, 0.4) is 0 Å². The predicted molar refractivity (Wildman–Crippen MR) is 63.0 cm³/mol. The molecule has 0 saturated heterocycles. The molecular formula is C12H21N3. The summed E-state index contributed by atoms with van der Waals surface area (Å²) in [7, 11) is 1.97. The first kappa shape index (κ1) is 10.5. The van der Waals surface area contributed by atoms with Crippen LogP contribution in [0.1, 0.15) is 37.8 Å². The average molecular weight is 207 g/mol. The van der Waals surface area contributed by atoms with Crippen molar-refractivity contribution in [2.75, 3.05) is 11.9 Å². The normalized spacial score (nSPS) is 18.0. The second kappa shape index (κ2) is 4.69. The molecule has 1 aliphatic rings. The van der Waals surface area contributed by atoms with Crippen LogP contribution in [0.25, 0.3) is 0 Å². The van der Waals surface area contributed by atoms with Gasteiger partial charge in [-0.25, -0.2) is 0 Å². The zero-order valence-electron chi connectivity index (χ0n) is 9.79. The Hall–Kier alpha value is -0.990.